The summed E-state index contributed by atoms with van der Waals surface area (Å²) in [6, 6.07) is 15.1. The number of methoxy groups -OCH3 is 1. The second kappa shape index (κ2) is 13.0. The first-order valence-electron chi connectivity index (χ1n) is 16.3. The Morgan fingerprint density at radius 2 is 1.29 bits per heavy atom. The fraction of sp³-hybridized carbons (Fsp3) is 0.371. The van der Waals surface area contributed by atoms with Gasteiger partial charge in [-0.05, 0) is 54.9 Å². The summed E-state index contributed by atoms with van der Waals surface area (Å²) in [6.07, 6.45) is 6.61. The van der Waals surface area contributed by atoms with E-state index in [4.69, 9.17) is 0 Å². The lowest BCUT2D eigenvalue weighted by Gasteiger charge is -2.32. The topological polar surface area (TPSA) is 165 Å². The highest BCUT2D eigenvalue weighted by atomic mass is 16.5. The zero-order valence-corrected chi connectivity index (χ0v) is 26.9. The van der Waals surface area contributed by atoms with Gasteiger partial charge in [0.2, 0.25) is 17.7 Å². The molecule has 4 amide bonds. The summed E-state index contributed by atoms with van der Waals surface area (Å²) >= 11 is 0. The van der Waals surface area contributed by atoms with E-state index in [9.17, 15) is 19.2 Å². The zero-order chi connectivity index (χ0) is 33.4. The number of nitrogens with one attached hydrogen (secondary N) is 4. The molecule has 48 heavy (non-hydrogen) atoms. The summed E-state index contributed by atoms with van der Waals surface area (Å²) in [4.78, 5) is 68.5. The van der Waals surface area contributed by atoms with E-state index >= 15 is 0 Å². The predicted molar refractivity (Wildman–Crippen MR) is 176 cm³/mol. The predicted octanol–water partition coefficient (Wildman–Crippen LogP) is 4.09. The van der Waals surface area contributed by atoms with E-state index < -0.39 is 18.2 Å². The molecule has 3 fully saturated rings. The van der Waals surface area contributed by atoms with Crippen LogP contribution in [-0.4, -0.2) is 85.8 Å². The summed E-state index contributed by atoms with van der Waals surface area (Å²) in [7, 11) is 1.27. The molecule has 0 saturated carbocycles. The Kier molecular flexibility index (Phi) is 8.42. The number of carbonyl (C=O) groups is 4. The summed E-state index contributed by atoms with van der Waals surface area (Å²) in [5.41, 5.74) is 5.86. The zero-order valence-electron chi connectivity index (χ0n) is 26.9. The van der Waals surface area contributed by atoms with E-state index in [1.165, 1.54) is 7.11 Å². The van der Waals surface area contributed by atoms with Gasteiger partial charge < -0.3 is 35.1 Å². The van der Waals surface area contributed by atoms with Gasteiger partial charge in [-0.3, -0.25) is 14.4 Å². The number of nitrogens with zero attached hydrogens (tertiary/aromatic N) is 4. The number of aromatic nitrogens is 4. The molecule has 4 aromatic rings. The van der Waals surface area contributed by atoms with Gasteiger partial charge in [-0.2, -0.15) is 0 Å². The number of hydrogen-bond donors (Lipinski definition) is 4. The van der Waals surface area contributed by atoms with Gasteiger partial charge in [0.1, 0.15) is 23.7 Å². The summed E-state index contributed by atoms with van der Waals surface area (Å²) in [5.74, 6) is 1.20. The Labute approximate surface area is 277 Å². The molecule has 3 saturated heterocycles. The van der Waals surface area contributed by atoms with E-state index in [1.54, 1.807) is 18.0 Å². The van der Waals surface area contributed by atoms with Crippen LogP contribution in [0.15, 0.2) is 60.9 Å². The molecule has 0 aliphatic carbocycles. The van der Waals surface area contributed by atoms with Crippen LogP contribution in [-0.2, 0) is 19.1 Å². The molecule has 4 N–H and O–H groups in total. The van der Waals surface area contributed by atoms with Crippen LogP contribution in [0.3, 0.4) is 0 Å². The maximum absolute atomic E-state index is 13.0. The van der Waals surface area contributed by atoms with Crippen LogP contribution in [0, 0.1) is 0 Å². The maximum atomic E-state index is 13.0. The van der Waals surface area contributed by atoms with Crippen molar-refractivity contribution in [2.24, 2.45) is 0 Å². The number of β-lactam (4-membered cyclic amide) rings is 1. The van der Waals surface area contributed by atoms with Crippen LogP contribution in [0.5, 0.6) is 0 Å². The number of carbonyl (C=O) groups excluding carboxylic acids is 4. The van der Waals surface area contributed by atoms with E-state index in [0.717, 1.165) is 71.0 Å². The molecule has 5 heterocycles. The smallest absolute Gasteiger partial charge is 0.407 e. The van der Waals surface area contributed by atoms with Crippen LogP contribution in [0.25, 0.3) is 33.6 Å². The van der Waals surface area contributed by atoms with Gasteiger partial charge >= 0.3 is 6.09 Å². The van der Waals surface area contributed by atoms with Crippen LogP contribution in [0.2, 0.25) is 0 Å². The molecule has 0 radical (unpaired) electrons. The van der Waals surface area contributed by atoms with Gasteiger partial charge in [-0.15, -0.1) is 0 Å². The largest absolute Gasteiger partial charge is 0.453 e. The van der Waals surface area contributed by atoms with Gasteiger partial charge in [-0.25, -0.2) is 14.8 Å². The highest BCUT2D eigenvalue weighted by Crippen LogP contribution is 2.35. The number of imidazole rings is 2. The lowest BCUT2D eigenvalue weighted by atomic mass is 10.0. The van der Waals surface area contributed by atoms with E-state index in [0.29, 0.717) is 13.1 Å². The average Bonchev–Trinajstić information content (AvgIpc) is 3.92. The third-order valence-electron chi connectivity index (χ3n) is 9.53. The number of rotatable bonds is 8. The number of ether oxygens (including phenoxy) is 1. The molecule has 4 atom stereocenters. The molecule has 0 spiro atoms. The minimum absolute atomic E-state index is 0.0353. The maximum Gasteiger partial charge on any atom is 0.407 e. The number of aromatic amines is 2. The van der Waals surface area contributed by atoms with Gasteiger partial charge in [0.15, 0.2) is 0 Å². The Morgan fingerprint density at radius 1 is 0.812 bits per heavy atom. The third kappa shape index (κ3) is 6.03. The number of hydrogen-bond acceptors (Lipinski definition) is 7. The van der Waals surface area contributed by atoms with Crippen LogP contribution < -0.4 is 10.6 Å². The van der Waals surface area contributed by atoms with E-state index in [2.05, 4.69) is 71.7 Å². The number of alkyl carbamates (subject to hydrolysis) is 1. The van der Waals surface area contributed by atoms with Crippen molar-refractivity contribution >= 4 is 23.8 Å². The van der Waals surface area contributed by atoms with Crippen molar-refractivity contribution in [3.63, 3.8) is 0 Å². The highest BCUT2D eigenvalue weighted by Gasteiger charge is 2.40. The number of benzene rings is 2. The first-order valence-corrected chi connectivity index (χ1v) is 16.3. The molecule has 2 aromatic carbocycles. The molecule has 13 heteroatoms. The molecular formula is C35H38N8O5. The fourth-order valence-electron chi connectivity index (χ4n) is 6.87. The first-order chi connectivity index (χ1) is 23.3. The Balaban J connectivity index is 0.995. The highest BCUT2D eigenvalue weighted by molar-refractivity contribution is 5.97. The van der Waals surface area contributed by atoms with Crippen LogP contribution in [0.4, 0.5) is 4.79 Å². The normalized spacial score (nSPS) is 21.0. The molecule has 3 aliphatic rings. The Bertz CT molecular complexity index is 1820. The lowest BCUT2D eigenvalue weighted by Crippen LogP contribution is -2.57. The van der Waals surface area contributed by atoms with Gasteiger partial charge in [-0.1, -0.05) is 48.5 Å². The van der Waals surface area contributed by atoms with Crippen molar-refractivity contribution in [3.05, 3.63) is 72.6 Å². The Morgan fingerprint density at radius 3 is 1.79 bits per heavy atom. The van der Waals surface area contributed by atoms with Crippen molar-refractivity contribution < 1.29 is 23.9 Å². The molecule has 248 valence electrons. The number of amides is 4. The molecule has 0 unspecified atom stereocenters. The van der Waals surface area contributed by atoms with Crippen LogP contribution >= 0.6 is 0 Å². The monoisotopic (exact) mass is 650 g/mol. The second-order valence-electron chi connectivity index (χ2n) is 12.6. The van der Waals surface area contributed by atoms with Gasteiger partial charge in [0.05, 0.1) is 49.4 Å². The minimum atomic E-state index is -0.699. The summed E-state index contributed by atoms with van der Waals surface area (Å²) < 4.78 is 4.63. The van der Waals surface area contributed by atoms with E-state index in [-0.39, 0.29) is 36.2 Å². The van der Waals surface area contributed by atoms with Crippen molar-refractivity contribution in [1.82, 2.24) is 40.4 Å². The molecule has 2 aromatic heterocycles. The quantitative estimate of drug-likeness (QED) is 0.209. The standard InChI is InChI=1S/C35H38N8O5/c1-20(38-35(47)48-2)33(45)42-15-3-5-28(42)31-36-18-26(40-31)23-11-7-21(8-12-23)22-9-13-24(14-10-22)27-19-37-32(41-27)29-6-4-16-43(29)34(46)25-17-30(44)39-25/h7-14,18-20,25,28-29H,3-6,15-17H2,1-2H3,(H,36,40)(H,37,41)(H,38,47)(H,39,44)/t20-,25-,28-,29-/m0/s1. The van der Waals surface area contributed by atoms with Crippen molar-refractivity contribution in [2.45, 2.75) is 63.2 Å². The molecular weight excluding hydrogens is 612 g/mol. The SMILES string of the molecule is COC(=O)N[C@@H](C)C(=O)N1CCC[C@H]1c1ncc(-c2ccc(-c3ccc(-c4cnc([C@@H]5CCCN5C(=O)[C@@H]5CC(=O)N5)[nH]4)cc3)cc2)[nH]1. The molecule has 13 nitrogen and oxygen atoms in total. The number of likely N-dealkylation sites (tertiary alicyclic amines) is 2. The van der Waals surface area contributed by atoms with E-state index in [1.807, 2.05) is 23.2 Å². The average molecular weight is 651 g/mol. The summed E-state index contributed by atoms with van der Waals surface area (Å²) in [5, 5.41) is 5.24. The minimum Gasteiger partial charge on any atom is -0.453 e. The fourth-order valence-corrected chi connectivity index (χ4v) is 6.87. The third-order valence-corrected chi connectivity index (χ3v) is 9.53. The van der Waals surface area contributed by atoms with Gasteiger partial charge in [0.25, 0.3) is 0 Å². The first kappa shape index (κ1) is 31.2. The lowest BCUT2D eigenvalue weighted by molar-refractivity contribution is -0.144. The Hall–Kier alpha value is -5.46. The van der Waals surface area contributed by atoms with Gasteiger partial charge in [0, 0.05) is 13.1 Å². The number of H-pyrrole nitrogens is 2. The molecule has 7 rings (SSSR count). The second-order valence-corrected chi connectivity index (χ2v) is 12.6. The van der Waals surface area contributed by atoms with Crippen molar-refractivity contribution in [3.8, 4) is 33.6 Å². The van der Waals surface area contributed by atoms with Crippen LogP contribution in [0.1, 0.15) is 62.8 Å². The van der Waals surface area contributed by atoms with Crippen molar-refractivity contribution in [2.75, 3.05) is 20.2 Å². The molecule has 3 aliphatic heterocycles. The summed E-state index contributed by atoms with van der Waals surface area (Å²) in [6.45, 7) is 2.92. The molecule has 0 bridgehead atoms. The van der Waals surface area contributed by atoms with Crippen molar-refractivity contribution in [1.29, 1.82) is 0 Å².